The molecule has 31 heavy (non-hydrogen) atoms. The van der Waals surface area contributed by atoms with Gasteiger partial charge in [-0.1, -0.05) is 30.3 Å². The topological polar surface area (TPSA) is 81.9 Å². The number of nitrogens with zero attached hydrogens (tertiary/aromatic N) is 1. The van der Waals surface area contributed by atoms with Crippen molar-refractivity contribution < 1.29 is 19.1 Å². The molecule has 2 aromatic rings. The van der Waals surface area contributed by atoms with Crippen molar-refractivity contribution in [1.82, 2.24) is 4.90 Å². The highest BCUT2D eigenvalue weighted by Crippen LogP contribution is 2.21. The van der Waals surface area contributed by atoms with Gasteiger partial charge in [-0.05, 0) is 77.3 Å². The molecule has 0 saturated carbocycles. The van der Waals surface area contributed by atoms with Gasteiger partial charge in [-0.3, -0.25) is 0 Å². The maximum Gasteiger partial charge on any atom is 0.410 e. The number of carbonyl (C=O) groups excluding carboxylic acids is 2. The Hall–Kier alpha value is -3.02. The highest BCUT2D eigenvalue weighted by Gasteiger charge is 2.24. The zero-order valence-corrected chi connectivity index (χ0v) is 19.4. The van der Waals surface area contributed by atoms with Gasteiger partial charge in [0.05, 0.1) is 12.1 Å². The molecule has 0 heterocycles. The number of anilines is 1. The van der Waals surface area contributed by atoms with Crippen molar-refractivity contribution in [3.8, 4) is 0 Å². The molecule has 2 rings (SSSR count). The van der Waals surface area contributed by atoms with Crippen molar-refractivity contribution in [3.05, 3.63) is 65.2 Å². The largest absolute Gasteiger partial charge is 0.456 e. The smallest absolute Gasteiger partial charge is 0.410 e. The molecular weight excluding hydrogens is 392 g/mol. The maximum atomic E-state index is 12.9. The summed E-state index contributed by atoms with van der Waals surface area (Å²) >= 11 is 0. The predicted molar refractivity (Wildman–Crippen MR) is 123 cm³/mol. The van der Waals surface area contributed by atoms with E-state index in [2.05, 4.69) is 0 Å². The van der Waals surface area contributed by atoms with Gasteiger partial charge < -0.3 is 20.1 Å². The van der Waals surface area contributed by atoms with Crippen LogP contribution in [0.4, 0.5) is 10.5 Å². The number of esters is 1. The Kier molecular flexibility index (Phi) is 7.71. The lowest BCUT2D eigenvalue weighted by atomic mass is 10.1. The van der Waals surface area contributed by atoms with Crippen LogP contribution in [0.1, 0.15) is 63.0 Å². The van der Waals surface area contributed by atoms with E-state index in [4.69, 9.17) is 15.2 Å². The first-order chi connectivity index (χ1) is 14.3. The molecule has 2 aromatic carbocycles. The fraction of sp³-hybridized carbons (Fsp3) is 0.440. The molecule has 168 valence electrons. The Balaban J connectivity index is 2.24. The molecule has 0 bridgehead atoms. The van der Waals surface area contributed by atoms with Gasteiger partial charge in [0.2, 0.25) is 0 Å². The van der Waals surface area contributed by atoms with Crippen molar-refractivity contribution in [2.45, 2.75) is 65.7 Å². The summed E-state index contributed by atoms with van der Waals surface area (Å²) in [6, 6.07) is 14.9. The quantitative estimate of drug-likeness (QED) is 0.507. The minimum absolute atomic E-state index is 0.226. The number of nitrogens with two attached hydrogens (primary N) is 1. The van der Waals surface area contributed by atoms with Crippen LogP contribution in [0.2, 0.25) is 0 Å². The summed E-state index contributed by atoms with van der Waals surface area (Å²) in [5.41, 5.74) is 7.63. The first-order valence-corrected chi connectivity index (χ1v) is 10.5. The van der Waals surface area contributed by atoms with Crippen molar-refractivity contribution in [1.29, 1.82) is 0 Å². The third kappa shape index (κ3) is 8.32. The summed E-state index contributed by atoms with van der Waals surface area (Å²) in [7, 11) is 0. The number of amides is 1. The third-order valence-corrected chi connectivity index (χ3v) is 4.30. The van der Waals surface area contributed by atoms with Gasteiger partial charge in [0.1, 0.15) is 11.2 Å². The second kappa shape index (κ2) is 9.86. The zero-order chi connectivity index (χ0) is 23.2. The Bertz CT molecular complexity index is 896. The van der Waals surface area contributed by atoms with Gasteiger partial charge in [-0.25, -0.2) is 9.59 Å². The van der Waals surface area contributed by atoms with Gasteiger partial charge in [0.15, 0.2) is 0 Å². The summed E-state index contributed by atoms with van der Waals surface area (Å²) < 4.78 is 11.1. The van der Waals surface area contributed by atoms with Crippen LogP contribution in [0.5, 0.6) is 0 Å². The number of benzene rings is 2. The average molecular weight is 427 g/mol. The van der Waals surface area contributed by atoms with Gasteiger partial charge in [-0.2, -0.15) is 0 Å². The van der Waals surface area contributed by atoms with Crippen LogP contribution in [0, 0.1) is 0 Å². The van der Waals surface area contributed by atoms with E-state index in [-0.39, 0.29) is 6.54 Å². The van der Waals surface area contributed by atoms with Gasteiger partial charge in [0, 0.05) is 12.2 Å². The first-order valence-electron chi connectivity index (χ1n) is 10.5. The fourth-order valence-electron chi connectivity index (χ4n) is 2.88. The fourth-order valence-corrected chi connectivity index (χ4v) is 2.88. The summed E-state index contributed by atoms with van der Waals surface area (Å²) in [4.78, 5) is 27.0. The van der Waals surface area contributed by atoms with Crippen molar-refractivity contribution >= 4 is 17.7 Å². The number of ether oxygens (including phenoxy) is 2. The number of carbonyl (C=O) groups is 2. The van der Waals surface area contributed by atoms with Crippen LogP contribution >= 0.6 is 0 Å². The standard InChI is InChI=1S/C25H34N2O4/c1-24(2,3)30-22(28)19-12-13-21(26)20(16-19)17-27(23(29)31-25(4,5)6)15-14-18-10-8-7-9-11-18/h7-13,16H,14-15,17,26H2,1-6H3. The average Bonchev–Trinajstić information content (AvgIpc) is 2.64. The molecule has 0 atom stereocenters. The Morgan fingerprint density at radius 1 is 0.903 bits per heavy atom. The molecule has 1 amide bonds. The lowest BCUT2D eigenvalue weighted by Gasteiger charge is -2.28. The molecule has 0 fully saturated rings. The molecule has 0 aromatic heterocycles. The number of nitrogen functional groups attached to an aromatic ring is 1. The minimum Gasteiger partial charge on any atom is -0.456 e. The zero-order valence-electron chi connectivity index (χ0n) is 19.4. The van der Waals surface area contributed by atoms with E-state index in [0.717, 1.165) is 5.56 Å². The lowest BCUT2D eigenvalue weighted by Crippen LogP contribution is -2.37. The highest BCUT2D eigenvalue weighted by molar-refractivity contribution is 5.90. The Labute approximate surface area is 185 Å². The van der Waals surface area contributed by atoms with Gasteiger partial charge >= 0.3 is 12.1 Å². The van der Waals surface area contributed by atoms with E-state index in [1.54, 1.807) is 23.1 Å². The maximum absolute atomic E-state index is 12.9. The molecule has 0 saturated heterocycles. The molecule has 0 aliphatic heterocycles. The molecule has 0 unspecified atom stereocenters. The molecule has 6 heteroatoms. The van der Waals surface area contributed by atoms with Crippen LogP contribution in [-0.4, -0.2) is 34.7 Å². The van der Waals surface area contributed by atoms with Crippen molar-refractivity contribution in [2.24, 2.45) is 0 Å². The van der Waals surface area contributed by atoms with E-state index in [1.165, 1.54) is 0 Å². The van der Waals surface area contributed by atoms with E-state index in [1.807, 2.05) is 71.9 Å². The van der Waals surface area contributed by atoms with Gasteiger partial charge in [-0.15, -0.1) is 0 Å². The van der Waals surface area contributed by atoms with Crippen LogP contribution in [0.3, 0.4) is 0 Å². The summed E-state index contributed by atoms with van der Waals surface area (Å²) in [6.07, 6.45) is 0.247. The molecule has 0 aliphatic carbocycles. The van der Waals surface area contributed by atoms with E-state index < -0.39 is 23.3 Å². The second-order valence-corrected chi connectivity index (χ2v) is 9.55. The van der Waals surface area contributed by atoms with E-state index in [9.17, 15) is 9.59 Å². The van der Waals surface area contributed by atoms with Crippen molar-refractivity contribution in [2.75, 3.05) is 12.3 Å². The molecule has 0 spiro atoms. The van der Waals surface area contributed by atoms with Crippen LogP contribution in [0.15, 0.2) is 48.5 Å². The first kappa shape index (κ1) is 24.3. The molecule has 6 nitrogen and oxygen atoms in total. The van der Waals surface area contributed by atoms with Crippen LogP contribution < -0.4 is 5.73 Å². The summed E-state index contributed by atoms with van der Waals surface area (Å²) in [6.45, 7) is 11.6. The number of hydrogen-bond donors (Lipinski definition) is 1. The molecule has 0 aliphatic rings. The van der Waals surface area contributed by atoms with Gasteiger partial charge in [0.25, 0.3) is 0 Å². The normalized spacial score (nSPS) is 11.7. The van der Waals surface area contributed by atoms with Crippen LogP contribution in [0.25, 0.3) is 0 Å². The molecule has 2 N–H and O–H groups in total. The van der Waals surface area contributed by atoms with E-state index in [0.29, 0.717) is 29.8 Å². The number of hydrogen-bond acceptors (Lipinski definition) is 5. The van der Waals surface area contributed by atoms with E-state index >= 15 is 0 Å². The Morgan fingerprint density at radius 3 is 2.10 bits per heavy atom. The second-order valence-electron chi connectivity index (χ2n) is 9.55. The summed E-state index contributed by atoms with van der Waals surface area (Å²) in [5.74, 6) is -0.429. The summed E-state index contributed by atoms with van der Waals surface area (Å²) in [5, 5.41) is 0. The minimum atomic E-state index is -0.619. The van der Waals surface area contributed by atoms with Crippen LogP contribution in [-0.2, 0) is 22.4 Å². The number of rotatable bonds is 6. The lowest BCUT2D eigenvalue weighted by molar-refractivity contribution is 0.00692. The Morgan fingerprint density at radius 2 is 1.52 bits per heavy atom. The van der Waals surface area contributed by atoms with Crippen molar-refractivity contribution in [3.63, 3.8) is 0 Å². The third-order valence-electron chi connectivity index (χ3n) is 4.30. The highest BCUT2D eigenvalue weighted by atomic mass is 16.6. The molecule has 0 radical (unpaired) electrons. The molecular formula is C25H34N2O4. The monoisotopic (exact) mass is 426 g/mol. The SMILES string of the molecule is CC(C)(C)OC(=O)c1ccc(N)c(CN(CCc2ccccc2)C(=O)OC(C)(C)C)c1. The predicted octanol–water partition coefficient (Wildman–Crippen LogP) is 5.20.